The van der Waals surface area contributed by atoms with Crippen molar-refractivity contribution in [3.8, 4) is 0 Å². The first-order chi connectivity index (χ1) is 8.00. The highest BCUT2D eigenvalue weighted by atomic mass is 16.2. The van der Waals surface area contributed by atoms with Crippen LogP contribution in [0.4, 0.5) is 0 Å². The number of carbonyl (C=O) groups excluding carboxylic acids is 2. The molecule has 0 saturated heterocycles. The average molecular weight is 241 g/mol. The molecule has 2 amide bonds. The predicted molar refractivity (Wildman–Crippen MR) is 66.3 cm³/mol. The van der Waals surface area contributed by atoms with E-state index < -0.39 is 11.5 Å². The molecule has 0 radical (unpaired) electrons. The number of rotatable bonds is 6. The molecule has 17 heavy (non-hydrogen) atoms. The van der Waals surface area contributed by atoms with Crippen LogP contribution in [-0.2, 0) is 9.59 Å². The Bertz CT molecular complexity index is 296. The van der Waals surface area contributed by atoms with Gasteiger partial charge >= 0.3 is 0 Å². The molecule has 0 bridgehead atoms. The van der Waals surface area contributed by atoms with Gasteiger partial charge in [0.2, 0.25) is 11.8 Å². The maximum atomic E-state index is 12.0. The Kier molecular flexibility index (Phi) is 4.51. The second-order valence-electron chi connectivity index (χ2n) is 4.69. The molecular formula is C12H23N3O2. The van der Waals surface area contributed by atoms with Gasteiger partial charge in [-0.15, -0.1) is 0 Å². The van der Waals surface area contributed by atoms with E-state index in [2.05, 4.69) is 5.32 Å². The van der Waals surface area contributed by atoms with Crippen LogP contribution in [0.1, 0.15) is 33.6 Å². The number of hydrogen-bond donors (Lipinski definition) is 2. The van der Waals surface area contributed by atoms with Gasteiger partial charge in [0.15, 0.2) is 0 Å². The smallest absolute Gasteiger partial charge is 0.244 e. The highest BCUT2D eigenvalue weighted by Crippen LogP contribution is 2.44. The van der Waals surface area contributed by atoms with E-state index in [1.165, 1.54) is 0 Å². The summed E-state index contributed by atoms with van der Waals surface area (Å²) in [5.41, 5.74) is 5.19. The molecule has 0 aromatic rings. The fourth-order valence-corrected chi connectivity index (χ4v) is 1.90. The largest absolute Gasteiger partial charge is 0.344 e. The van der Waals surface area contributed by atoms with Crippen LogP contribution in [0, 0.1) is 5.41 Å². The van der Waals surface area contributed by atoms with Crippen molar-refractivity contribution in [1.82, 2.24) is 10.2 Å². The molecule has 5 nitrogen and oxygen atoms in total. The van der Waals surface area contributed by atoms with Crippen LogP contribution in [0.25, 0.3) is 0 Å². The summed E-state index contributed by atoms with van der Waals surface area (Å²) >= 11 is 0. The number of likely N-dealkylation sites (N-methyl/N-ethyl adjacent to an activating group) is 1. The zero-order valence-corrected chi connectivity index (χ0v) is 11.0. The Balaban J connectivity index is 2.51. The molecule has 0 heterocycles. The fourth-order valence-electron chi connectivity index (χ4n) is 1.90. The third-order valence-corrected chi connectivity index (χ3v) is 3.52. The molecule has 1 aliphatic rings. The molecule has 0 spiro atoms. The summed E-state index contributed by atoms with van der Waals surface area (Å²) in [6.45, 7) is 7.28. The first-order valence-corrected chi connectivity index (χ1v) is 6.30. The van der Waals surface area contributed by atoms with E-state index in [0.717, 1.165) is 12.8 Å². The van der Waals surface area contributed by atoms with Crippen LogP contribution in [0.15, 0.2) is 0 Å². The van der Waals surface area contributed by atoms with Crippen molar-refractivity contribution in [1.29, 1.82) is 0 Å². The molecule has 5 heteroatoms. The second-order valence-corrected chi connectivity index (χ2v) is 4.69. The molecule has 1 unspecified atom stereocenters. The van der Waals surface area contributed by atoms with Gasteiger partial charge in [0.1, 0.15) is 6.04 Å². The molecule has 0 aromatic carbocycles. The second kappa shape index (κ2) is 5.49. The molecule has 1 fully saturated rings. The van der Waals surface area contributed by atoms with Gasteiger partial charge in [-0.25, -0.2) is 0 Å². The topological polar surface area (TPSA) is 75.4 Å². The zero-order valence-electron chi connectivity index (χ0n) is 11.0. The van der Waals surface area contributed by atoms with Crippen LogP contribution < -0.4 is 11.1 Å². The van der Waals surface area contributed by atoms with E-state index in [0.29, 0.717) is 19.6 Å². The van der Waals surface area contributed by atoms with Crippen molar-refractivity contribution in [2.45, 2.75) is 39.7 Å². The van der Waals surface area contributed by atoms with Crippen molar-refractivity contribution in [3.63, 3.8) is 0 Å². The van der Waals surface area contributed by atoms with Gasteiger partial charge < -0.3 is 16.0 Å². The van der Waals surface area contributed by atoms with E-state index in [9.17, 15) is 9.59 Å². The highest BCUT2D eigenvalue weighted by Gasteiger charge is 2.49. The predicted octanol–water partition coefficient (Wildman–Crippen LogP) is 0.0984. The van der Waals surface area contributed by atoms with Crippen LogP contribution in [-0.4, -0.2) is 42.4 Å². The van der Waals surface area contributed by atoms with Gasteiger partial charge in [-0.2, -0.15) is 0 Å². The lowest BCUT2D eigenvalue weighted by molar-refractivity contribution is -0.137. The highest BCUT2D eigenvalue weighted by molar-refractivity contribution is 5.91. The van der Waals surface area contributed by atoms with Crippen molar-refractivity contribution in [3.05, 3.63) is 0 Å². The minimum absolute atomic E-state index is 0.0313. The van der Waals surface area contributed by atoms with Crippen LogP contribution in [0.5, 0.6) is 0 Å². The standard InChI is InChI=1S/C12H23N3O2/c1-4-15(5-2)10(16)9(3)14-11(17)12(8-13)6-7-12/h9H,4-8,13H2,1-3H3,(H,14,17). The lowest BCUT2D eigenvalue weighted by atomic mass is 10.1. The zero-order chi connectivity index (χ0) is 13.1. The molecule has 98 valence electrons. The Hall–Kier alpha value is -1.10. The number of nitrogens with zero attached hydrogens (tertiary/aromatic N) is 1. The quantitative estimate of drug-likeness (QED) is 0.692. The monoisotopic (exact) mass is 241 g/mol. The summed E-state index contributed by atoms with van der Waals surface area (Å²) in [7, 11) is 0. The third kappa shape index (κ3) is 2.97. The first-order valence-electron chi connectivity index (χ1n) is 6.30. The van der Waals surface area contributed by atoms with Gasteiger partial charge in [-0.3, -0.25) is 9.59 Å². The Morgan fingerprint density at radius 2 is 1.88 bits per heavy atom. The van der Waals surface area contributed by atoms with Gasteiger partial charge in [-0.1, -0.05) is 0 Å². The van der Waals surface area contributed by atoms with E-state index in [1.807, 2.05) is 13.8 Å². The summed E-state index contributed by atoms with van der Waals surface area (Å²) in [4.78, 5) is 25.6. The molecule has 1 atom stereocenters. The van der Waals surface area contributed by atoms with E-state index in [1.54, 1.807) is 11.8 Å². The summed E-state index contributed by atoms with van der Waals surface area (Å²) in [6.07, 6.45) is 1.67. The van der Waals surface area contributed by atoms with Crippen LogP contribution in [0.3, 0.4) is 0 Å². The Morgan fingerprint density at radius 1 is 1.35 bits per heavy atom. The number of amides is 2. The molecule has 1 rings (SSSR count). The minimum atomic E-state index is -0.466. The summed E-state index contributed by atoms with van der Waals surface area (Å²) in [5.74, 6) is -0.107. The number of hydrogen-bond acceptors (Lipinski definition) is 3. The molecule has 1 saturated carbocycles. The molecular weight excluding hydrogens is 218 g/mol. The lowest BCUT2D eigenvalue weighted by Crippen LogP contribution is -2.49. The SMILES string of the molecule is CCN(CC)C(=O)C(C)NC(=O)C1(CN)CC1. The van der Waals surface area contributed by atoms with Gasteiger partial charge in [-0.05, 0) is 33.6 Å². The maximum absolute atomic E-state index is 12.0. The van der Waals surface area contributed by atoms with Crippen LogP contribution in [0.2, 0.25) is 0 Å². The minimum Gasteiger partial charge on any atom is -0.344 e. The summed E-state index contributed by atoms with van der Waals surface area (Å²) in [5, 5.41) is 2.77. The van der Waals surface area contributed by atoms with Gasteiger partial charge in [0.25, 0.3) is 0 Å². The van der Waals surface area contributed by atoms with Crippen molar-refractivity contribution in [2.75, 3.05) is 19.6 Å². The summed E-state index contributed by atoms with van der Waals surface area (Å²) < 4.78 is 0. The van der Waals surface area contributed by atoms with E-state index in [4.69, 9.17) is 5.73 Å². The van der Waals surface area contributed by atoms with Gasteiger partial charge in [0.05, 0.1) is 5.41 Å². The summed E-state index contributed by atoms with van der Waals surface area (Å²) in [6, 6.07) is -0.466. The fraction of sp³-hybridized carbons (Fsp3) is 0.833. The van der Waals surface area contributed by atoms with Crippen molar-refractivity contribution < 1.29 is 9.59 Å². The molecule has 1 aliphatic carbocycles. The first kappa shape index (κ1) is 14.0. The van der Waals surface area contributed by atoms with E-state index >= 15 is 0 Å². The Morgan fingerprint density at radius 3 is 2.24 bits per heavy atom. The van der Waals surface area contributed by atoms with E-state index in [-0.39, 0.29) is 11.8 Å². The van der Waals surface area contributed by atoms with Crippen molar-refractivity contribution in [2.24, 2.45) is 11.1 Å². The third-order valence-electron chi connectivity index (χ3n) is 3.52. The lowest BCUT2D eigenvalue weighted by Gasteiger charge is -2.24. The van der Waals surface area contributed by atoms with Gasteiger partial charge in [0, 0.05) is 19.6 Å². The Labute approximate surface area is 103 Å². The molecule has 0 aromatic heterocycles. The maximum Gasteiger partial charge on any atom is 0.244 e. The van der Waals surface area contributed by atoms with Crippen LogP contribution >= 0.6 is 0 Å². The number of nitrogens with one attached hydrogen (secondary N) is 1. The number of nitrogens with two attached hydrogens (primary N) is 1. The van der Waals surface area contributed by atoms with Crippen molar-refractivity contribution >= 4 is 11.8 Å². The molecule has 0 aliphatic heterocycles. The average Bonchev–Trinajstić information content (AvgIpc) is 3.11. The normalized spacial score (nSPS) is 18.4. The molecule has 3 N–H and O–H groups in total. The number of carbonyl (C=O) groups is 2.